The van der Waals surface area contributed by atoms with Gasteiger partial charge in [-0.25, -0.2) is 16.8 Å². The van der Waals surface area contributed by atoms with Crippen LogP contribution in [0.4, 0.5) is 26.3 Å². The van der Waals surface area contributed by atoms with Crippen molar-refractivity contribution in [2.75, 3.05) is 26.5 Å². The molecule has 0 spiro atoms. The largest absolute Gasteiger partial charge is 0.741 e. The number of rotatable bonds is 14. The van der Waals surface area contributed by atoms with Crippen molar-refractivity contribution in [1.29, 1.82) is 0 Å². The molecule has 10 nitrogen and oxygen atoms in total. The van der Waals surface area contributed by atoms with E-state index in [-0.39, 0.29) is 11.6 Å². The Bertz CT molecular complexity index is 2890. The summed E-state index contributed by atoms with van der Waals surface area (Å²) in [5, 5.41) is 7.27. The summed E-state index contributed by atoms with van der Waals surface area (Å²) in [6, 6.07) is 77.7. The minimum absolute atomic E-state index is 0.141. The summed E-state index contributed by atoms with van der Waals surface area (Å²) >= 11 is 0. The molecule has 0 aliphatic heterocycles. The van der Waals surface area contributed by atoms with Crippen molar-refractivity contribution in [2.24, 2.45) is 0 Å². The van der Waals surface area contributed by atoms with E-state index in [4.69, 9.17) is 35.4 Å². The molecule has 396 valence electrons. The lowest BCUT2D eigenvalue weighted by molar-refractivity contribution is -0.0522. The van der Waals surface area contributed by atoms with Crippen molar-refractivity contribution >= 4 is 78.2 Å². The van der Waals surface area contributed by atoms with Gasteiger partial charge in [-0.1, -0.05) is 109 Å². The van der Waals surface area contributed by atoms with Gasteiger partial charge in [-0.15, -0.1) is 0 Å². The molecule has 0 saturated heterocycles. The number of carbonyl (C=O) groups excluding carboxylic acids is 2. The maximum absolute atomic E-state index is 13.6. The number of methoxy groups -OCH3 is 2. The first kappa shape index (κ1) is 59.8. The number of hydrogen-bond acceptors (Lipinski definition) is 10. The lowest BCUT2D eigenvalue weighted by Crippen LogP contribution is -2.35. The van der Waals surface area contributed by atoms with Crippen LogP contribution in [-0.4, -0.2) is 75.1 Å². The molecule has 0 bridgehead atoms. The van der Waals surface area contributed by atoms with E-state index in [9.17, 15) is 35.9 Å². The Morgan fingerprint density at radius 2 is 0.539 bits per heavy atom. The van der Waals surface area contributed by atoms with Gasteiger partial charge in [0.05, 0.1) is 14.2 Å². The molecule has 0 fully saturated rings. The highest BCUT2D eigenvalue weighted by Gasteiger charge is 2.48. The third kappa shape index (κ3) is 15.5. The predicted octanol–water partition coefficient (Wildman–Crippen LogP) is 9.85. The zero-order valence-electron chi connectivity index (χ0n) is 40.4. The quantitative estimate of drug-likeness (QED) is 0.0336. The summed E-state index contributed by atoms with van der Waals surface area (Å²) < 4.78 is 128. The van der Waals surface area contributed by atoms with E-state index in [1.54, 1.807) is 14.2 Å². The highest BCUT2D eigenvalue weighted by atomic mass is 32.2. The number of Topliss-reactive ketones (excluding diaryl/α,β-unsaturated/α-hetero) is 2. The molecule has 8 rings (SSSR count). The van der Waals surface area contributed by atoms with Crippen LogP contribution in [0, 0.1) is 0 Å². The van der Waals surface area contributed by atoms with Gasteiger partial charge in [-0.2, -0.15) is 26.3 Å². The van der Waals surface area contributed by atoms with E-state index in [2.05, 4.69) is 146 Å². The van der Waals surface area contributed by atoms with E-state index in [1.807, 2.05) is 84.9 Å². The second-order valence-electron chi connectivity index (χ2n) is 16.1. The lowest BCUT2D eigenvalue weighted by Gasteiger charge is -2.27. The Morgan fingerprint density at radius 1 is 0.368 bits per heavy atom. The molecule has 0 N–H and O–H groups in total. The molecule has 0 atom stereocenters. The maximum atomic E-state index is 13.6. The average molecular weight is 1120 g/mol. The van der Waals surface area contributed by atoms with Crippen LogP contribution in [0.25, 0.3) is 0 Å². The van der Waals surface area contributed by atoms with Gasteiger partial charge in [-0.05, 0) is 121 Å². The fraction of sp³-hybridized carbons (Fsp3) is 0.107. The monoisotopic (exact) mass is 1120 g/mol. The molecule has 0 heterocycles. The molecule has 8 aromatic carbocycles. The molecule has 0 radical (unpaired) electrons. The second kappa shape index (κ2) is 26.6. The van der Waals surface area contributed by atoms with Crippen LogP contribution in [0.5, 0.6) is 11.5 Å². The zero-order valence-corrected chi connectivity index (χ0v) is 43.8. The average Bonchev–Trinajstić information content (AvgIpc) is 3.49. The van der Waals surface area contributed by atoms with Crippen molar-refractivity contribution in [3.63, 3.8) is 0 Å². The highest BCUT2D eigenvalue weighted by Crippen LogP contribution is 2.56. The molecule has 0 aromatic heterocycles. The van der Waals surface area contributed by atoms with Gasteiger partial charge in [-0.3, -0.25) is 9.59 Å². The summed E-state index contributed by atoms with van der Waals surface area (Å²) in [6.45, 7) is 0. The molecule has 0 aliphatic rings. The molecular formula is C56H48F6O10P2S2. The minimum atomic E-state index is -6.09. The number of benzene rings is 8. The Balaban J connectivity index is 0.000000219. The van der Waals surface area contributed by atoms with Gasteiger partial charge in [0, 0.05) is 11.1 Å². The van der Waals surface area contributed by atoms with Crippen LogP contribution in [0.3, 0.4) is 0 Å². The standard InChI is InChI=1S/2C27H24O2P.2CHF3O3S/c2*1-29-23-19-17-22(18-20-23)27(28)21-30(24-11-5-2-6-12-24,25-13-7-3-8-14-25)26-15-9-4-10-16-26;2*2-1(3,4)8(5,6)7/h2*2-20H,21H2,1H3;2*(H,5,6,7)/q2*+1;;/p-2. The van der Waals surface area contributed by atoms with Gasteiger partial charge in [0.25, 0.3) is 0 Å². The van der Waals surface area contributed by atoms with Crippen LogP contribution in [0.15, 0.2) is 231 Å². The summed E-state index contributed by atoms with van der Waals surface area (Å²) in [6.07, 6.45) is 0.884. The van der Waals surface area contributed by atoms with E-state index >= 15 is 0 Å². The zero-order chi connectivity index (χ0) is 55.6. The second-order valence-corrected chi connectivity index (χ2v) is 25.8. The van der Waals surface area contributed by atoms with Gasteiger partial charge >= 0.3 is 11.0 Å². The molecular weight excluding hydrogens is 1070 g/mol. The minimum Gasteiger partial charge on any atom is -0.741 e. The predicted molar refractivity (Wildman–Crippen MR) is 286 cm³/mol. The van der Waals surface area contributed by atoms with E-state index < -0.39 is 45.8 Å². The van der Waals surface area contributed by atoms with Gasteiger partial charge < -0.3 is 18.6 Å². The summed E-state index contributed by atoms with van der Waals surface area (Å²) in [4.78, 5) is 27.1. The first-order valence-corrected chi connectivity index (χ1v) is 29.2. The van der Waals surface area contributed by atoms with Crippen LogP contribution >= 0.6 is 14.5 Å². The summed E-state index contributed by atoms with van der Waals surface area (Å²) in [7, 11) is -13.3. The molecule has 8 aromatic rings. The molecule has 0 amide bonds. The van der Waals surface area contributed by atoms with E-state index in [0.717, 1.165) is 11.5 Å². The number of carbonyl (C=O) groups is 2. The highest BCUT2D eigenvalue weighted by molar-refractivity contribution is 7.96. The molecule has 0 aliphatic carbocycles. The number of alkyl halides is 6. The smallest absolute Gasteiger partial charge is 0.485 e. The van der Waals surface area contributed by atoms with E-state index in [1.165, 1.54) is 31.8 Å². The van der Waals surface area contributed by atoms with Crippen molar-refractivity contribution in [2.45, 2.75) is 11.0 Å². The lowest BCUT2D eigenvalue weighted by atomic mass is 10.1. The molecule has 20 heteroatoms. The third-order valence-electron chi connectivity index (χ3n) is 11.3. The summed E-state index contributed by atoms with van der Waals surface area (Å²) in [5.74, 6) is 1.79. The van der Waals surface area contributed by atoms with Crippen molar-refractivity contribution in [1.82, 2.24) is 0 Å². The first-order chi connectivity index (χ1) is 36.0. The van der Waals surface area contributed by atoms with Crippen LogP contribution < -0.4 is 41.3 Å². The number of ketones is 2. The Hall–Kier alpha value is -7.04. The number of hydrogen-bond donors (Lipinski definition) is 0. The molecule has 0 saturated carbocycles. The molecule has 76 heavy (non-hydrogen) atoms. The normalized spacial score (nSPS) is 11.7. The van der Waals surface area contributed by atoms with E-state index in [0.29, 0.717) is 23.5 Å². The Morgan fingerprint density at radius 3 is 0.684 bits per heavy atom. The Labute approximate surface area is 438 Å². The van der Waals surface area contributed by atoms with Gasteiger partial charge in [0.15, 0.2) is 20.2 Å². The first-order valence-electron chi connectivity index (χ1n) is 22.5. The Kier molecular flexibility index (Phi) is 21.0. The fourth-order valence-electron chi connectivity index (χ4n) is 7.70. The van der Waals surface area contributed by atoms with Gasteiger partial charge in [0.1, 0.15) is 70.2 Å². The van der Waals surface area contributed by atoms with Crippen LogP contribution in [-0.2, 0) is 20.2 Å². The van der Waals surface area contributed by atoms with Crippen LogP contribution in [0.1, 0.15) is 20.7 Å². The maximum Gasteiger partial charge on any atom is 0.485 e. The topological polar surface area (TPSA) is 167 Å². The SMILES string of the molecule is COc1ccc(C(=O)C[P+](c2ccccc2)(c2ccccc2)c2ccccc2)cc1.COc1ccc(C(=O)C[P+](c2ccccc2)(c2ccccc2)c2ccccc2)cc1.O=S(=O)([O-])C(F)(F)F.O=S(=O)([O-])C(F)(F)F. The van der Waals surface area contributed by atoms with Crippen LogP contribution in [0.2, 0.25) is 0 Å². The third-order valence-corrected chi connectivity index (χ3v) is 21.1. The fourth-order valence-corrected chi connectivity index (χ4v) is 15.9. The van der Waals surface area contributed by atoms with Gasteiger partial charge in [0.2, 0.25) is 11.6 Å². The van der Waals surface area contributed by atoms with Crippen molar-refractivity contribution in [3.8, 4) is 11.5 Å². The van der Waals surface area contributed by atoms with Crippen molar-refractivity contribution < 1.29 is 71.3 Å². The van der Waals surface area contributed by atoms with Crippen molar-refractivity contribution in [3.05, 3.63) is 242 Å². The number of ether oxygens (including phenoxy) is 2. The summed E-state index contributed by atoms with van der Waals surface area (Å²) in [5.41, 5.74) is -9.87. The number of halogens is 6. The molecule has 0 unspecified atom stereocenters.